The average molecular weight is 249 g/mol. The van der Waals surface area contributed by atoms with Gasteiger partial charge < -0.3 is 15.2 Å². The summed E-state index contributed by atoms with van der Waals surface area (Å²) in [6.45, 7) is 0.800. The van der Waals surface area contributed by atoms with E-state index in [1.165, 1.54) is 36.8 Å². The molecule has 18 heavy (non-hydrogen) atoms. The van der Waals surface area contributed by atoms with Crippen LogP contribution in [0.1, 0.15) is 30.4 Å². The van der Waals surface area contributed by atoms with E-state index in [0.717, 1.165) is 12.2 Å². The van der Waals surface area contributed by atoms with Gasteiger partial charge in [-0.3, -0.25) is 0 Å². The number of fused-ring (bicyclic) bond motifs is 1. The van der Waals surface area contributed by atoms with Crippen molar-refractivity contribution in [2.24, 2.45) is 0 Å². The molecule has 2 rings (SSSR count). The third-order valence-corrected chi connectivity index (χ3v) is 3.66. The third kappa shape index (κ3) is 3.47. The number of likely N-dealkylation sites (N-methyl/N-ethyl adjacent to an activating group) is 1. The second-order valence-electron chi connectivity index (χ2n) is 4.95. The van der Waals surface area contributed by atoms with Crippen LogP contribution >= 0.6 is 0 Å². The van der Waals surface area contributed by atoms with Crippen LogP contribution in [0, 0.1) is 0 Å². The fraction of sp³-hybridized carbons (Fsp3) is 0.600. The first-order valence-electron chi connectivity index (χ1n) is 6.86. The van der Waals surface area contributed by atoms with Crippen LogP contribution in [-0.4, -0.2) is 31.4 Å². The molecular formula is C15H23NO2. The minimum Gasteiger partial charge on any atom is -0.492 e. The van der Waals surface area contributed by atoms with Gasteiger partial charge in [0.2, 0.25) is 0 Å². The number of aliphatic hydroxyl groups excluding tert-OH is 1. The molecule has 0 aromatic heterocycles. The molecule has 0 aliphatic heterocycles. The van der Waals surface area contributed by atoms with Crippen molar-refractivity contribution >= 4 is 0 Å². The zero-order valence-electron chi connectivity index (χ0n) is 11.1. The highest BCUT2D eigenvalue weighted by Gasteiger charge is 2.11. The number of hydrogen-bond donors (Lipinski definition) is 2. The summed E-state index contributed by atoms with van der Waals surface area (Å²) in [5.74, 6) is 0.953. The van der Waals surface area contributed by atoms with Gasteiger partial charge in [0.1, 0.15) is 12.4 Å². The SMILES string of the molecule is CNC(CCO)COc1ccc2c(c1)CCCC2. The molecule has 1 unspecified atom stereocenters. The van der Waals surface area contributed by atoms with Gasteiger partial charge in [-0.15, -0.1) is 0 Å². The highest BCUT2D eigenvalue weighted by molar-refractivity contribution is 5.37. The van der Waals surface area contributed by atoms with E-state index in [9.17, 15) is 0 Å². The lowest BCUT2D eigenvalue weighted by Crippen LogP contribution is -2.32. The summed E-state index contributed by atoms with van der Waals surface area (Å²) in [5.41, 5.74) is 2.93. The van der Waals surface area contributed by atoms with Crippen molar-refractivity contribution in [2.75, 3.05) is 20.3 Å². The summed E-state index contributed by atoms with van der Waals surface area (Å²) < 4.78 is 5.80. The Morgan fingerprint density at radius 1 is 1.28 bits per heavy atom. The van der Waals surface area contributed by atoms with Gasteiger partial charge in [-0.1, -0.05) is 6.07 Å². The molecule has 1 aromatic rings. The third-order valence-electron chi connectivity index (χ3n) is 3.66. The fourth-order valence-electron chi connectivity index (χ4n) is 2.46. The topological polar surface area (TPSA) is 41.5 Å². The maximum absolute atomic E-state index is 8.93. The summed E-state index contributed by atoms with van der Waals surface area (Å²) in [7, 11) is 1.90. The van der Waals surface area contributed by atoms with Gasteiger partial charge in [0.15, 0.2) is 0 Å². The van der Waals surface area contributed by atoms with E-state index >= 15 is 0 Å². The Morgan fingerprint density at radius 2 is 2.06 bits per heavy atom. The molecule has 0 saturated carbocycles. The van der Waals surface area contributed by atoms with Crippen molar-refractivity contribution in [1.29, 1.82) is 0 Å². The fourth-order valence-corrected chi connectivity index (χ4v) is 2.46. The van der Waals surface area contributed by atoms with Gasteiger partial charge in [0, 0.05) is 12.6 Å². The Bertz CT molecular complexity index is 379. The molecule has 0 bridgehead atoms. The zero-order chi connectivity index (χ0) is 12.8. The number of aliphatic hydroxyl groups is 1. The molecule has 0 saturated heterocycles. The van der Waals surface area contributed by atoms with Crippen LogP contribution in [0.4, 0.5) is 0 Å². The molecular weight excluding hydrogens is 226 g/mol. The average Bonchev–Trinajstić information content (AvgIpc) is 2.43. The summed E-state index contributed by atoms with van der Waals surface area (Å²) in [4.78, 5) is 0. The van der Waals surface area contributed by atoms with Gasteiger partial charge in [-0.05, 0) is 62.4 Å². The Kier molecular flexibility index (Phi) is 5.02. The Labute approximate surface area is 109 Å². The van der Waals surface area contributed by atoms with Gasteiger partial charge in [-0.2, -0.15) is 0 Å². The minimum absolute atomic E-state index is 0.194. The lowest BCUT2D eigenvalue weighted by atomic mass is 9.92. The maximum Gasteiger partial charge on any atom is 0.119 e. The van der Waals surface area contributed by atoms with E-state index in [-0.39, 0.29) is 12.6 Å². The van der Waals surface area contributed by atoms with E-state index in [0.29, 0.717) is 6.61 Å². The largest absolute Gasteiger partial charge is 0.492 e. The van der Waals surface area contributed by atoms with Crippen LogP contribution in [0.25, 0.3) is 0 Å². The van der Waals surface area contributed by atoms with Gasteiger partial charge in [0.05, 0.1) is 0 Å². The van der Waals surface area contributed by atoms with Crippen LogP contribution in [0.15, 0.2) is 18.2 Å². The zero-order valence-corrected chi connectivity index (χ0v) is 11.1. The minimum atomic E-state index is 0.194. The molecule has 1 atom stereocenters. The second-order valence-corrected chi connectivity index (χ2v) is 4.95. The lowest BCUT2D eigenvalue weighted by Gasteiger charge is -2.19. The van der Waals surface area contributed by atoms with Crippen molar-refractivity contribution in [2.45, 2.75) is 38.1 Å². The predicted molar refractivity (Wildman–Crippen MR) is 73.1 cm³/mol. The summed E-state index contributed by atoms with van der Waals surface area (Å²) in [6.07, 6.45) is 5.71. The van der Waals surface area contributed by atoms with E-state index in [1.807, 2.05) is 7.05 Å². The van der Waals surface area contributed by atoms with Crippen LogP contribution in [0.3, 0.4) is 0 Å². The standard InChI is InChI=1S/C15H23NO2/c1-16-14(8-9-17)11-18-15-7-6-12-4-2-3-5-13(12)10-15/h6-7,10,14,16-17H,2-5,8-9,11H2,1H3. The lowest BCUT2D eigenvalue weighted by molar-refractivity contribution is 0.218. The van der Waals surface area contributed by atoms with Crippen LogP contribution in [0.5, 0.6) is 5.75 Å². The molecule has 2 N–H and O–H groups in total. The molecule has 0 spiro atoms. The second kappa shape index (κ2) is 6.76. The van der Waals surface area contributed by atoms with Gasteiger partial charge in [0.25, 0.3) is 0 Å². The molecule has 100 valence electrons. The van der Waals surface area contributed by atoms with Gasteiger partial charge >= 0.3 is 0 Å². The van der Waals surface area contributed by atoms with Crippen LogP contribution in [-0.2, 0) is 12.8 Å². The number of benzene rings is 1. The summed E-state index contributed by atoms with van der Waals surface area (Å²) in [5, 5.41) is 12.1. The van der Waals surface area contributed by atoms with Crippen LogP contribution in [0.2, 0.25) is 0 Å². The van der Waals surface area contributed by atoms with Crippen molar-refractivity contribution in [3.8, 4) is 5.75 Å². The Morgan fingerprint density at radius 3 is 2.78 bits per heavy atom. The van der Waals surface area contributed by atoms with Crippen molar-refractivity contribution in [3.05, 3.63) is 29.3 Å². The van der Waals surface area contributed by atoms with Crippen LogP contribution < -0.4 is 10.1 Å². The number of rotatable bonds is 6. The smallest absolute Gasteiger partial charge is 0.119 e. The first kappa shape index (κ1) is 13.4. The molecule has 1 aliphatic rings. The molecule has 0 fully saturated rings. The van der Waals surface area contributed by atoms with E-state index in [1.54, 1.807) is 0 Å². The first-order chi connectivity index (χ1) is 8.83. The van der Waals surface area contributed by atoms with E-state index in [2.05, 4.69) is 23.5 Å². The van der Waals surface area contributed by atoms with Gasteiger partial charge in [-0.25, -0.2) is 0 Å². The van der Waals surface area contributed by atoms with E-state index < -0.39 is 0 Å². The quantitative estimate of drug-likeness (QED) is 0.809. The van der Waals surface area contributed by atoms with Crippen molar-refractivity contribution in [3.63, 3.8) is 0 Å². The Hall–Kier alpha value is -1.06. The first-order valence-corrected chi connectivity index (χ1v) is 6.86. The highest BCUT2D eigenvalue weighted by atomic mass is 16.5. The molecule has 3 nitrogen and oxygen atoms in total. The molecule has 0 radical (unpaired) electrons. The predicted octanol–water partition coefficient (Wildman–Crippen LogP) is 1.91. The Balaban J connectivity index is 1.93. The molecule has 1 aliphatic carbocycles. The molecule has 3 heteroatoms. The molecule has 1 aromatic carbocycles. The van der Waals surface area contributed by atoms with Crippen molar-refractivity contribution < 1.29 is 9.84 Å². The van der Waals surface area contributed by atoms with Crippen molar-refractivity contribution in [1.82, 2.24) is 5.32 Å². The van der Waals surface area contributed by atoms with E-state index in [4.69, 9.17) is 9.84 Å². The number of hydrogen-bond acceptors (Lipinski definition) is 3. The number of nitrogens with one attached hydrogen (secondary N) is 1. The molecule has 0 heterocycles. The number of aryl methyl sites for hydroxylation is 2. The maximum atomic E-state index is 8.93. The summed E-state index contributed by atoms with van der Waals surface area (Å²) >= 11 is 0. The summed E-state index contributed by atoms with van der Waals surface area (Å²) in [6, 6.07) is 6.66. The molecule has 0 amide bonds. The monoisotopic (exact) mass is 249 g/mol. The highest BCUT2D eigenvalue weighted by Crippen LogP contribution is 2.25. The normalized spacial score (nSPS) is 16.1. The number of ether oxygens (including phenoxy) is 1.